The van der Waals surface area contributed by atoms with Crippen LogP contribution in [0.15, 0.2) is 42.5 Å². The number of pyridine rings is 1. The van der Waals surface area contributed by atoms with E-state index in [-0.39, 0.29) is 0 Å². The normalized spacial score (nSPS) is 14.2. The average Bonchev–Trinajstić information content (AvgIpc) is 3.13. The molecule has 1 aliphatic heterocycles. The molecule has 1 aliphatic rings. The van der Waals surface area contributed by atoms with Crippen LogP contribution < -0.4 is 9.47 Å². The van der Waals surface area contributed by atoms with E-state index in [2.05, 4.69) is 18.0 Å². The van der Waals surface area contributed by atoms with Gasteiger partial charge in [0.15, 0.2) is 0 Å². The van der Waals surface area contributed by atoms with Crippen molar-refractivity contribution in [3.8, 4) is 11.6 Å². The van der Waals surface area contributed by atoms with Gasteiger partial charge in [0.05, 0.1) is 19.2 Å². The highest BCUT2D eigenvalue weighted by atomic mass is 16.5. The van der Waals surface area contributed by atoms with Crippen LogP contribution in [0.3, 0.4) is 0 Å². The molecule has 2 heterocycles. The zero-order valence-electron chi connectivity index (χ0n) is 14.5. The minimum atomic E-state index is -0.689. The second-order valence-corrected chi connectivity index (χ2v) is 6.33. The van der Waals surface area contributed by atoms with Crippen LogP contribution >= 0.6 is 0 Å². The Morgan fingerprint density at radius 3 is 2.76 bits per heavy atom. The summed E-state index contributed by atoms with van der Waals surface area (Å²) in [4.78, 5) is 4.56. The maximum Gasteiger partial charge on any atom is 0.216 e. The lowest BCUT2D eigenvalue weighted by atomic mass is 9.98. The van der Waals surface area contributed by atoms with Crippen LogP contribution in [0, 0.1) is 0 Å². The fourth-order valence-electron chi connectivity index (χ4n) is 3.37. The van der Waals surface area contributed by atoms with Gasteiger partial charge in [-0.25, -0.2) is 4.98 Å². The number of ether oxygens (including phenoxy) is 2. The van der Waals surface area contributed by atoms with Gasteiger partial charge >= 0.3 is 0 Å². The summed E-state index contributed by atoms with van der Waals surface area (Å²) in [5.41, 5.74) is 4.82. The van der Waals surface area contributed by atoms with Crippen LogP contribution in [0.25, 0.3) is 10.9 Å². The van der Waals surface area contributed by atoms with Crippen molar-refractivity contribution in [2.75, 3.05) is 13.7 Å². The molecule has 2 aromatic carbocycles. The molecule has 0 saturated heterocycles. The van der Waals surface area contributed by atoms with E-state index in [0.29, 0.717) is 5.88 Å². The van der Waals surface area contributed by atoms with E-state index in [1.807, 2.05) is 36.4 Å². The monoisotopic (exact) mass is 335 g/mol. The van der Waals surface area contributed by atoms with Crippen LogP contribution in [-0.4, -0.2) is 23.8 Å². The van der Waals surface area contributed by atoms with Gasteiger partial charge in [-0.15, -0.1) is 0 Å². The van der Waals surface area contributed by atoms with E-state index < -0.39 is 6.10 Å². The molecule has 0 fully saturated rings. The lowest BCUT2D eigenvalue weighted by Gasteiger charge is -2.14. The number of aryl methyl sites for hydroxylation is 1. The molecular weight excluding hydrogens is 314 g/mol. The van der Waals surface area contributed by atoms with E-state index in [0.717, 1.165) is 52.8 Å². The van der Waals surface area contributed by atoms with Gasteiger partial charge in [0.2, 0.25) is 5.88 Å². The number of methoxy groups -OCH3 is 1. The summed E-state index contributed by atoms with van der Waals surface area (Å²) in [7, 11) is 1.64. The summed E-state index contributed by atoms with van der Waals surface area (Å²) in [5.74, 6) is 1.55. The van der Waals surface area contributed by atoms with Crippen molar-refractivity contribution in [3.63, 3.8) is 0 Å². The first kappa shape index (κ1) is 15.9. The van der Waals surface area contributed by atoms with Crippen LogP contribution in [0.2, 0.25) is 0 Å². The average molecular weight is 335 g/mol. The molecule has 4 rings (SSSR count). The van der Waals surface area contributed by atoms with Crippen LogP contribution in [-0.2, 0) is 12.8 Å². The Kier molecular flexibility index (Phi) is 4.06. The summed E-state index contributed by atoms with van der Waals surface area (Å²) in [6, 6.07) is 13.9. The maximum absolute atomic E-state index is 10.8. The smallest absolute Gasteiger partial charge is 0.216 e. The Hall–Kier alpha value is -2.59. The lowest BCUT2D eigenvalue weighted by molar-refractivity contribution is 0.220. The molecule has 0 radical (unpaired) electrons. The SMILES string of the molecule is CCc1cc2cc(C(O)c3ccc4c(c3)OCC4)ccc2nc1OC. The Bertz CT molecular complexity index is 936. The number of aliphatic hydroxyl groups is 1. The molecule has 0 saturated carbocycles. The summed E-state index contributed by atoms with van der Waals surface area (Å²) in [6.45, 7) is 2.80. The zero-order valence-corrected chi connectivity index (χ0v) is 14.5. The molecule has 1 atom stereocenters. The van der Waals surface area contributed by atoms with Crippen molar-refractivity contribution in [2.24, 2.45) is 0 Å². The summed E-state index contributed by atoms with van der Waals surface area (Å²) >= 11 is 0. The molecule has 1 unspecified atom stereocenters. The largest absolute Gasteiger partial charge is 0.493 e. The van der Waals surface area contributed by atoms with Crippen molar-refractivity contribution in [1.82, 2.24) is 4.98 Å². The molecule has 0 aliphatic carbocycles. The van der Waals surface area contributed by atoms with Crippen molar-refractivity contribution < 1.29 is 14.6 Å². The first-order chi connectivity index (χ1) is 12.2. The van der Waals surface area contributed by atoms with E-state index >= 15 is 0 Å². The molecule has 128 valence electrons. The van der Waals surface area contributed by atoms with Gasteiger partial charge in [0.1, 0.15) is 11.9 Å². The quantitative estimate of drug-likeness (QED) is 0.787. The number of hydrogen-bond acceptors (Lipinski definition) is 4. The second-order valence-electron chi connectivity index (χ2n) is 6.33. The zero-order chi connectivity index (χ0) is 17.4. The van der Waals surface area contributed by atoms with Gasteiger partial charge in [0, 0.05) is 17.4 Å². The molecule has 0 bridgehead atoms. The fraction of sp³-hybridized carbons (Fsp3) is 0.286. The lowest BCUT2D eigenvalue weighted by Crippen LogP contribution is -2.01. The number of hydrogen-bond donors (Lipinski definition) is 1. The van der Waals surface area contributed by atoms with Crippen molar-refractivity contribution in [1.29, 1.82) is 0 Å². The molecule has 4 heteroatoms. The molecular formula is C21H21NO3. The van der Waals surface area contributed by atoms with Crippen molar-refractivity contribution >= 4 is 10.9 Å². The van der Waals surface area contributed by atoms with Crippen molar-refractivity contribution in [2.45, 2.75) is 25.9 Å². The van der Waals surface area contributed by atoms with E-state index in [9.17, 15) is 5.11 Å². The number of aromatic nitrogens is 1. The molecule has 1 aromatic heterocycles. The summed E-state index contributed by atoms with van der Waals surface area (Å²) in [6.07, 6.45) is 1.10. The number of fused-ring (bicyclic) bond motifs is 2. The predicted octanol–water partition coefficient (Wildman–Crippen LogP) is 3.82. The Morgan fingerprint density at radius 1 is 1.16 bits per heavy atom. The first-order valence-corrected chi connectivity index (χ1v) is 8.61. The van der Waals surface area contributed by atoms with Gasteiger partial charge < -0.3 is 14.6 Å². The predicted molar refractivity (Wildman–Crippen MR) is 97.4 cm³/mol. The Balaban J connectivity index is 1.73. The third-order valence-electron chi connectivity index (χ3n) is 4.80. The highest BCUT2D eigenvalue weighted by molar-refractivity contribution is 5.81. The molecule has 25 heavy (non-hydrogen) atoms. The Morgan fingerprint density at radius 2 is 1.96 bits per heavy atom. The number of nitrogens with zero attached hydrogens (tertiary/aromatic N) is 1. The van der Waals surface area contributed by atoms with Gasteiger partial charge in [0.25, 0.3) is 0 Å². The molecule has 4 nitrogen and oxygen atoms in total. The second kappa shape index (κ2) is 6.37. The maximum atomic E-state index is 10.8. The minimum Gasteiger partial charge on any atom is -0.493 e. The van der Waals surface area contributed by atoms with Crippen LogP contribution in [0.4, 0.5) is 0 Å². The van der Waals surface area contributed by atoms with Crippen molar-refractivity contribution in [3.05, 3.63) is 64.7 Å². The molecule has 0 spiro atoms. The highest BCUT2D eigenvalue weighted by Gasteiger charge is 2.17. The number of benzene rings is 2. The molecule has 1 N–H and O–H groups in total. The van der Waals surface area contributed by atoms with Gasteiger partial charge in [-0.1, -0.05) is 25.1 Å². The van der Waals surface area contributed by atoms with E-state index in [4.69, 9.17) is 9.47 Å². The Labute approximate surface area is 147 Å². The molecule has 3 aromatic rings. The van der Waals surface area contributed by atoms with Gasteiger partial charge in [-0.2, -0.15) is 0 Å². The number of aliphatic hydroxyl groups excluding tert-OH is 1. The van der Waals surface area contributed by atoms with E-state index in [1.165, 1.54) is 5.56 Å². The number of rotatable bonds is 4. The molecule has 0 amide bonds. The standard InChI is InChI=1S/C21H21NO3/c1-3-13-10-17-11-15(6-7-18(17)22-21(13)24-2)20(23)16-5-4-14-8-9-25-19(14)12-16/h4-7,10-12,20,23H,3,8-9H2,1-2H3. The third-order valence-corrected chi connectivity index (χ3v) is 4.80. The highest BCUT2D eigenvalue weighted by Crippen LogP contribution is 2.32. The van der Waals surface area contributed by atoms with Crippen LogP contribution in [0.1, 0.15) is 35.3 Å². The summed E-state index contributed by atoms with van der Waals surface area (Å²) in [5, 5.41) is 11.8. The van der Waals surface area contributed by atoms with Gasteiger partial charge in [-0.05, 0) is 47.4 Å². The topological polar surface area (TPSA) is 51.6 Å². The third kappa shape index (κ3) is 2.83. The van der Waals surface area contributed by atoms with Crippen LogP contribution in [0.5, 0.6) is 11.6 Å². The minimum absolute atomic E-state index is 0.666. The first-order valence-electron chi connectivity index (χ1n) is 8.61. The van der Waals surface area contributed by atoms with E-state index in [1.54, 1.807) is 7.11 Å². The van der Waals surface area contributed by atoms with Gasteiger partial charge in [-0.3, -0.25) is 0 Å². The summed E-state index contributed by atoms with van der Waals surface area (Å²) < 4.78 is 11.0. The fourth-order valence-corrected chi connectivity index (χ4v) is 3.37.